The van der Waals surface area contributed by atoms with Gasteiger partial charge in [0.15, 0.2) is 11.0 Å². The average molecular weight is 495 g/mol. The third-order valence-corrected chi connectivity index (χ3v) is 6.10. The van der Waals surface area contributed by atoms with Gasteiger partial charge in [-0.05, 0) is 48.4 Å². The Hall–Kier alpha value is -3.76. The summed E-state index contributed by atoms with van der Waals surface area (Å²) in [6.07, 6.45) is 4.26. The van der Waals surface area contributed by atoms with Crippen molar-refractivity contribution in [3.63, 3.8) is 0 Å². The van der Waals surface area contributed by atoms with Crippen molar-refractivity contribution in [3.05, 3.63) is 87.7 Å². The molecule has 0 spiro atoms. The Morgan fingerprint density at radius 3 is 2.53 bits per heavy atom. The number of carbonyl (C=O) groups excluding carboxylic acids is 1. The number of thioether (sulfide) groups is 1. The minimum Gasteiger partial charge on any atom is -0.320 e. The lowest BCUT2D eigenvalue weighted by atomic mass is 10.1. The highest BCUT2D eigenvalue weighted by atomic mass is 35.5. The van der Waals surface area contributed by atoms with Gasteiger partial charge in [0.25, 0.3) is 5.69 Å². The average Bonchev–Trinajstić information content (AvgIpc) is 3.28. The van der Waals surface area contributed by atoms with E-state index in [1.165, 1.54) is 35.5 Å². The molecule has 11 heteroatoms. The van der Waals surface area contributed by atoms with Crippen molar-refractivity contribution in [3.8, 4) is 17.1 Å². The summed E-state index contributed by atoms with van der Waals surface area (Å²) >= 11 is 7.02. The van der Waals surface area contributed by atoms with Gasteiger partial charge in [-0.1, -0.05) is 42.4 Å². The number of hydrogen-bond donors (Lipinski definition) is 1. The molecule has 0 atom stereocenters. The van der Waals surface area contributed by atoms with Crippen LogP contribution in [0.2, 0.25) is 5.02 Å². The number of nitro groups is 1. The molecule has 34 heavy (non-hydrogen) atoms. The number of aromatic nitrogens is 4. The van der Waals surface area contributed by atoms with Gasteiger partial charge >= 0.3 is 0 Å². The fraction of sp³-hybridized carbons (Fsp3) is 0.130. The van der Waals surface area contributed by atoms with Gasteiger partial charge in [-0.2, -0.15) is 0 Å². The molecule has 0 aliphatic rings. The van der Waals surface area contributed by atoms with E-state index in [-0.39, 0.29) is 22.2 Å². The molecule has 2 aromatic heterocycles. The van der Waals surface area contributed by atoms with Crippen LogP contribution in [0.15, 0.2) is 72.1 Å². The number of hydrogen-bond acceptors (Lipinski definition) is 7. The quantitative estimate of drug-likeness (QED) is 0.204. The van der Waals surface area contributed by atoms with Crippen LogP contribution in [0.5, 0.6) is 0 Å². The summed E-state index contributed by atoms with van der Waals surface area (Å²) in [6.45, 7) is 2.08. The lowest BCUT2D eigenvalue weighted by molar-refractivity contribution is -0.383. The van der Waals surface area contributed by atoms with Gasteiger partial charge in [-0.15, -0.1) is 10.2 Å². The highest BCUT2D eigenvalue weighted by Crippen LogP contribution is 2.30. The Morgan fingerprint density at radius 1 is 1.12 bits per heavy atom. The van der Waals surface area contributed by atoms with Crippen molar-refractivity contribution >= 4 is 40.6 Å². The molecule has 0 saturated carbocycles. The van der Waals surface area contributed by atoms with Gasteiger partial charge in [0.05, 0.1) is 10.7 Å². The van der Waals surface area contributed by atoms with E-state index in [0.717, 1.165) is 17.7 Å². The zero-order valence-corrected chi connectivity index (χ0v) is 19.6. The molecule has 0 bridgehead atoms. The molecule has 0 fully saturated rings. The van der Waals surface area contributed by atoms with E-state index >= 15 is 0 Å². The number of pyridine rings is 1. The van der Waals surface area contributed by atoms with Crippen molar-refractivity contribution in [2.45, 2.75) is 18.5 Å². The Balaban J connectivity index is 1.59. The van der Waals surface area contributed by atoms with Crippen LogP contribution in [-0.2, 0) is 11.2 Å². The number of nitro benzene ring substituents is 1. The molecular weight excluding hydrogens is 476 g/mol. The summed E-state index contributed by atoms with van der Waals surface area (Å²) in [6, 6.07) is 15.8. The number of nitrogens with zero attached hydrogens (tertiary/aromatic N) is 5. The van der Waals surface area contributed by atoms with E-state index in [1.54, 1.807) is 12.4 Å². The minimum atomic E-state index is -0.591. The molecule has 1 N–H and O–H groups in total. The fourth-order valence-electron chi connectivity index (χ4n) is 3.24. The smallest absolute Gasteiger partial charge is 0.294 e. The standard InChI is InChI=1S/C23H19ClN6O3S/c1-2-15-3-6-18(7-4-15)29-22(16-9-11-25-12-10-16)27-28-23(29)34-14-21(31)26-19-8-5-17(24)13-20(19)30(32)33/h3-13H,2,14H2,1H3,(H,26,31). The molecule has 2 heterocycles. The van der Waals surface area contributed by atoms with Crippen molar-refractivity contribution < 1.29 is 9.72 Å². The monoisotopic (exact) mass is 494 g/mol. The molecular formula is C23H19ClN6O3S. The van der Waals surface area contributed by atoms with Crippen LogP contribution in [0.3, 0.4) is 0 Å². The van der Waals surface area contributed by atoms with Crippen molar-refractivity contribution in [2.24, 2.45) is 0 Å². The van der Waals surface area contributed by atoms with Crippen LogP contribution >= 0.6 is 23.4 Å². The molecule has 2 aromatic carbocycles. The number of benzene rings is 2. The first kappa shape index (κ1) is 23.4. The Labute approximate surface area is 204 Å². The van der Waals surface area contributed by atoms with Crippen molar-refractivity contribution in [2.75, 3.05) is 11.1 Å². The maximum atomic E-state index is 12.6. The largest absolute Gasteiger partial charge is 0.320 e. The van der Waals surface area contributed by atoms with Crippen LogP contribution in [0.1, 0.15) is 12.5 Å². The molecule has 1 amide bonds. The van der Waals surface area contributed by atoms with E-state index < -0.39 is 10.8 Å². The maximum absolute atomic E-state index is 12.6. The molecule has 9 nitrogen and oxygen atoms in total. The van der Waals surface area contributed by atoms with Gasteiger partial charge in [0.2, 0.25) is 5.91 Å². The molecule has 0 aliphatic heterocycles. The third kappa shape index (κ3) is 5.24. The molecule has 0 unspecified atom stereocenters. The molecule has 4 rings (SSSR count). The molecule has 0 radical (unpaired) electrons. The second-order valence-corrected chi connectivity index (χ2v) is 8.53. The minimum absolute atomic E-state index is 0.0265. The molecule has 0 aliphatic carbocycles. The molecule has 4 aromatic rings. The van der Waals surface area contributed by atoms with Crippen LogP contribution < -0.4 is 5.32 Å². The summed E-state index contributed by atoms with van der Waals surface area (Å²) in [5.41, 5.74) is 2.68. The zero-order valence-electron chi connectivity index (χ0n) is 18.0. The lowest BCUT2D eigenvalue weighted by Crippen LogP contribution is -2.15. The topological polar surface area (TPSA) is 116 Å². The fourth-order valence-corrected chi connectivity index (χ4v) is 4.16. The van der Waals surface area contributed by atoms with Gasteiger partial charge < -0.3 is 5.32 Å². The first-order valence-electron chi connectivity index (χ1n) is 10.3. The summed E-state index contributed by atoms with van der Waals surface area (Å²) in [4.78, 5) is 27.3. The van der Waals surface area contributed by atoms with E-state index in [0.29, 0.717) is 11.0 Å². The van der Waals surface area contributed by atoms with Crippen LogP contribution in [0, 0.1) is 10.1 Å². The second kappa shape index (κ2) is 10.4. The summed E-state index contributed by atoms with van der Waals surface area (Å²) in [7, 11) is 0. The van der Waals surface area contributed by atoms with E-state index in [1.807, 2.05) is 41.0 Å². The number of amides is 1. The maximum Gasteiger partial charge on any atom is 0.294 e. The predicted molar refractivity (Wildman–Crippen MR) is 131 cm³/mol. The molecule has 0 saturated heterocycles. The summed E-state index contributed by atoms with van der Waals surface area (Å²) in [5.74, 6) is 0.168. The van der Waals surface area contributed by atoms with Gasteiger partial charge in [-0.3, -0.25) is 24.5 Å². The highest BCUT2D eigenvalue weighted by Gasteiger charge is 2.20. The number of halogens is 1. The number of carbonyl (C=O) groups is 1. The van der Waals surface area contributed by atoms with Gasteiger partial charge in [0, 0.05) is 34.7 Å². The third-order valence-electron chi connectivity index (χ3n) is 4.94. The Kier molecular flexibility index (Phi) is 7.19. The lowest BCUT2D eigenvalue weighted by Gasteiger charge is -2.11. The van der Waals surface area contributed by atoms with Crippen LogP contribution in [0.25, 0.3) is 17.1 Å². The Morgan fingerprint density at radius 2 is 1.85 bits per heavy atom. The van der Waals surface area contributed by atoms with Crippen LogP contribution in [0.4, 0.5) is 11.4 Å². The zero-order chi connectivity index (χ0) is 24.1. The van der Waals surface area contributed by atoms with Crippen molar-refractivity contribution in [1.82, 2.24) is 19.7 Å². The predicted octanol–water partition coefficient (Wildman–Crippen LogP) is 5.18. The summed E-state index contributed by atoms with van der Waals surface area (Å²) < 4.78 is 1.87. The summed E-state index contributed by atoms with van der Waals surface area (Å²) in [5, 5.41) is 23.2. The first-order valence-corrected chi connectivity index (χ1v) is 11.6. The number of anilines is 1. The number of rotatable bonds is 8. The number of aryl methyl sites for hydroxylation is 1. The first-order chi connectivity index (χ1) is 16.5. The van der Waals surface area contributed by atoms with Gasteiger partial charge in [0.1, 0.15) is 5.69 Å². The number of nitrogens with one attached hydrogen (secondary N) is 1. The highest BCUT2D eigenvalue weighted by molar-refractivity contribution is 7.99. The van der Waals surface area contributed by atoms with E-state index in [4.69, 9.17) is 11.6 Å². The van der Waals surface area contributed by atoms with E-state index in [9.17, 15) is 14.9 Å². The Bertz CT molecular complexity index is 1330. The molecule has 172 valence electrons. The van der Waals surface area contributed by atoms with Crippen LogP contribution in [-0.4, -0.2) is 36.3 Å². The van der Waals surface area contributed by atoms with E-state index in [2.05, 4.69) is 27.4 Å². The van der Waals surface area contributed by atoms with Crippen molar-refractivity contribution in [1.29, 1.82) is 0 Å². The SMILES string of the molecule is CCc1ccc(-n2c(SCC(=O)Nc3ccc(Cl)cc3[N+](=O)[O-])nnc2-c2ccncc2)cc1. The second-order valence-electron chi connectivity index (χ2n) is 7.15. The normalized spacial score (nSPS) is 10.8. The van der Waals surface area contributed by atoms with Gasteiger partial charge in [-0.25, -0.2) is 0 Å².